The summed E-state index contributed by atoms with van der Waals surface area (Å²) in [6, 6.07) is 5.44. The van der Waals surface area contributed by atoms with Crippen LogP contribution in [0.15, 0.2) is 34.9 Å². The third-order valence-corrected chi connectivity index (χ3v) is 2.38. The van der Waals surface area contributed by atoms with Gasteiger partial charge in [-0.2, -0.15) is 13.2 Å². The van der Waals surface area contributed by atoms with Crippen molar-refractivity contribution in [1.82, 2.24) is 4.98 Å². The maximum atomic E-state index is 12.8. The summed E-state index contributed by atoms with van der Waals surface area (Å²) in [7, 11) is 1.83. The van der Waals surface area contributed by atoms with Gasteiger partial charge in [-0.25, -0.2) is 4.98 Å². The van der Waals surface area contributed by atoms with Crippen molar-refractivity contribution < 1.29 is 17.6 Å². The minimum absolute atomic E-state index is 0.132. The molecule has 0 radical (unpaired) electrons. The molecular weight excluding hydrogens is 230 g/mol. The Balaban J connectivity index is 2.61. The van der Waals surface area contributed by atoms with Crippen molar-refractivity contribution in [3.05, 3.63) is 41.8 Å². The van der Waals surface area contributed by atoms with E-state index in [0.29, 0.717) is 12.0 Å². The van der Waals surface area contributed by atoms with E-state index in [0.717, 1.165) is 6.07 Å². The molecule has 0 aliphatic rings. The Bertz CT molecular complexity index is 508. The largest absolute Gasteiger partial charge is 0.463 e. The first-order chi connectivity index (χ1) is 8.02. The van der Waals surface area contributed by atoms with Crippen molar-refractivity contribution in [2.75, 3.05) is 0 Å². The summed E-state index contributed by atoms with van der Waals surface area (Å²) in [6.07, 6.45) is -2.52. The van der Waals surface area contributed by atoms with E-state index in [1.54, 1.807) is 0 Å². The Hall–Kier alpha value is -1.72. The van der Waals surface area contributed by atoms with Gasteiger partial charge in [0.1, 0.15) is 13.5 Å². The average molecular weight is 239 g/mol. The molecule has 6 heteroatoms. The van der Waals surface area contributed by atoms with E-state index < -0.39 is 11.7 Å². The Kier molecular flexibility index (Phi) is 2.96. The quantitative estimate of drug-likeness (QED) is 0.752. The molecule has 0 fully saturated rings. The maximum absolute atomic E-state index is 12.8. The maximum Gasteiger partial charge on any atom is 0.418 e. The fraction of sp³-hybridized carbons (Fsp3) is 0.182. The first-order valence-corrected chi connectivity index (χ1v) is 5.13. The lowest BCUT2D eigenvalue weighted by molar-refractivity contribution is -0.137. The van der Waals surface area contributed by atoms with Gasteiger partial charge < -0.3 is 4.42 Å². The molecule has 0 unspecified atom stereocenters. The third-order valence-electron chi connectivity index (χ3n) is 2.38. The highest BCUT2D eigenvalue weighted by Crippen LogP contribution is 2.36. The molecule has 0 spiro atoms. The number of halogens is 3. The van der Waals surface area contributed by atoms with Crippen molar-refractivity contribution in [3.8, 4) is 11.5 Å². The minimum atomic E-state index is -4.43. The van der Waals surface area contributed by atoms with Crippen molar-refractivity contribution in [2.45, 2.75) is 12.5 Å². The molecule has 88 valence electrons. The van der Waals surface area contributed by atoms with Gasteiger partial charge in [-0.15, -0.1) is 0 Å². The second-order valence-corrected chi connectivity index (χ2v) is 3.53. The molecule has 2 nitrogen and oxygen atoms in total. The van der Waals surface area contributed by atoms with E-state index >= 15 is 0 Å². The van der Waals surface area contributed by atoms with Gasteiger partial charge in [0.15, 0.2) is 5.76 Å². The number of hydrogen-bond donors (Lipinski definition) is 0. The van der Waals surface area contributed by atoms with Crippen LogP contribution in [-0.4, -0.2) is 12.8 Å². The Morgan fingerprint density at radius 2 is 2.00 bits per heavy atom. The average Bonchev–Trinajstić information content (AvgIpc) is 2.80. The van der Waals surface area contributed by atoms with E-state index in [2.05, 4.69) is 4.98 Å². The minimum Gasteiger partial charge on any atom is -0.463 e. The van der Waals surface area contributed by atoms with Crippen molar-refractivity contribution in [1.29, 1.82) is 0 Å². The van der Waals surface area contributed by atoms with Gasteiger partial charge in [0, 0.05) is 5.69 Å². The number of aromatic nitrogens is 1. The van der Waals surface area contributed by atoms with Crippen LogP contribution < -0.4 is 0 Å². The topological polar surface area (TPSA) is 26.0 Å². The summed E-state index contributed by atoms with van der Waals surface area (Å²) >= 11 is 0. The number of nitrogens with zero attached hydrogens (tertiary/aromatic N) is 1. The van der Waals surface area contributed by atoms with Crippen LogP contribution in [0.1, 0.15) is 11.3 Å². The summed E-state index contributed by atoms with van der Waals surface area (Å²) in [5.41, 5.74) is -0.323. The smallest absolute Gasteiger partial charge is 0.418 e. The highest BCUT2D eigenvalue weighted by atomic mass is 19.4. The van der Waals surface area contributed by atoms with E-state index in [4.69, 9.17) is 4.42 Å². The predicted molar refractivity (Wildman–Crippen MR) is 59.2 cm³/mol. The van der Waals surface area contributed by atoms with Gasteiger partial charge in [0.2, 0.25) is 0 Å². The van der Waals surface area contributed by atoms with Gasteiger partial charge in [-0.3, -0.25) is 0 Å². The van der Waals surface area contributed by atoms with Crippen LogP contribution in [0.3, 0.4) is 0 Å². The van der Waals surface area contributed by atoms with Crippen LogP contribution in [0.5, 0.6) is 0 Å². The Morgan fingerprint density at radius 1 is 1.24 bits per heavy atom. The van der Waals surface area contributed by atoms with Crippen LogP contribution in [-0.2, 0) is 12.5 Å². The fourth-order valence-corrected chi connectivity index (χ4v) is 1.53. The zero-order valence-corrected chi connectivity index (χ0v) is 9.08. The fourth-order valence-electron chi connectivity index (χ4n) is 1.53. The van der Waals surface area contributed by atoms with E-state index in [1.165, 1.54) is 24.5 Å². The molecule has 2 heterocycles. The number of rotatable bonds is 2. The number of hydrogen-bond acceptors (Lipinski definition) is 2. The van der Waals surface area contributed by atoms with Crippen LogP contribution in [0.2, 0.25) is 0 Å². The highest BCUT2D eigenvalue weighted by molar-refractivity contribution is 6.08. The molecule has 0 aliphatic heterocycles. The summed E-state index contributed by atoms with van der Waals surface area (Å²) in [6.45, 7) is 0. The molecule has 0 saturated carbocycles. The van der Waals surface area contributed by atoms with E-state index in [1.807, 2.05) is 7.85 Å². The van der Waals surface area contributed by atoms with Crippen LogP contribution >= 0.6 is 0 Å². The van der Waals surface area contributed by atoms with Crippen LogP contribution in [0.4, 0.5) is 13.2 Å². The van der Waals surface area contributed by atoms with Crippen molar-refractivity contribution in [2.24, 2.45) is 0 Å². The summed E-state index contributed by atoms with van der Waals surface area (Å²) in [4.78, 5) is 3.99. The van der Waals surface area contributed by atoms with Gasteiger partial charge >= 0.3 is 6.18 Å². The number of alkyl halides is 3. The first-order valence-electron chi connectivity index (χ1n) is 5.13. The zero-order chi connectivity index (χ0) is 12.5. The van der Waals surface area contributed by atoms with Crippen LogP contribution in [0.25, 0.3) is 11.5 Å². The lowest BCUT2D eigenvalue weighted by atomic mass is 10.00. The molecule has 2 rings (SSSR count). The normalized spacial score (nSPS) is 11.7. The predicted octanol–water partition coefficient (Wildman–Crippen LogP) is 2.49. The van der Waals surface area contributed by atoms with E-state index in [9.17, 15) is 13.2 Å². The second-order valence-electron chi connectivity index (χ2n) is 3.53. The molecule has 0 N–H and O–H groups in total. The van der Waals surface area contributed by atoms with Crippen molar-refractivity contribution >= 4 is 7.85 Å². The number of pyridine rings is 1. The molecule has 0 saturated heterocycles. The Labute approximate surface area is 96.9 Å². The summed E-state index contributed by atoms with van der Waals surface area (Å²) < 4.78 is 43.4. The van der Waals surface area contributed by atoms with Crippen LogP contribution in [0, 0.1) is 0 Å². The molecule has 0 amide bonds. The van der Waals surface area contributed by atoms with Gasteiger partial charge in [-0.05, 0) is 30.6 Å². The lowest BCUT2D eigenvalue weighted by Crippen LogP contribution is -2.09. The summed E-state index contributed by atoms with van der Waals surface area (Å²) in [5.74, 6) is 0.132. The SMILES string of the molecule is BCc1ccc(C(F)(F)F)c(-c2ccco2)n1. The van der Waals surface area contributed by atoms with E-state index in [-0.39, 0.29) is 11.5 Å². The molecule has 17 heavy (non-hydrogen) atoms. The second kappa shape index (κ2) is 4.27. The van der Waals surface area contributed by atoms with Crippen molar-refractivity contribution in [3.63, 3.8) is 0 Å². The first kappa shape index (κ1) is 11.8. The molecule has 0 bridgehead atoms. The lowest BCUT2D eigenvalue weighted by Gasteiger charge is -2.11. The Morgan fingerprint density at radius 3 is 2.53 bits per heavy atom. The standard InChI is InChI=1S/C11H9BF3NO/c12-6-7-3-4-8(11(13,14)15)10(16-7)9-2-1-5-17-9/h1-5H,6,12H2. The van der Waals surface area contributed by atoms with Gasteiger partial charge in [0.05, 0.1) is 11.8 Å². The molecule has 0 aromatic carbocycles. The highest BCUT2D eigenvalue weighted by Gasteiger charge is 2.35. The monoisotopic (exact) mass is 239 g/mol. The zero-order valence-electron chi connectivity index (χ0n) is 9.08. The molecule has 2 aromatic rings. The molecule has 0 aliphatic carbocycles. The third kappa shape index (κ3) is 2.35. The van der Waals surface area contributed by atoms with Gasteiger partial charge in [-0.1, -0.05) is 0 Å². The summed E-state index contributed by atoms with van der Waals surface area (Å²) in [5, 5.41) is 0. The molecule has 2 aromatic heterocycles. The van der Waals surface area contributed by atoms with Gasteiger partial charge in [0.25, 0.3) is 0 Å². The molecule has 0 atom stereocenters. The molecular formula is C11H9BF3NO. The number of furan rings is 1.